The molecular weight excluding hydrogens is 340 g/mol. The lowest BCUT2D eigenvalue weighted by Gasteiger charge is -2.19. The fourth-order valence-electron chi connectivity index (χ4n) is 2.45. The number of nitrogens with one attached hydrogen (secondary N) is 1. The lowest BCUT2D eigenvalue weighted by molar-refractivity contribution is -0.384. The Kier molecular flexibility index (Phi) is 4.90. The summed E-state index contributed by atoms with van der Waals surface area (Å²) in [6, 6.07) is 14.3. The van der Waals surface area contributed by atoms with Crippen LogP contribution < -0.4 is 5.32 Å². The van der Waals surface area contributed by atoms with Crippen LogP contribution in [0.2, 0.25) is 5.02 Å². The summed E-state index contributed by atoms with van der Waals surface area (Å²) in [6.45, 7) is 2.00. The number of aryl methyl sites for hydroxylation is 1. The Hall–Kier alpha value is -2.99. The van der Waals surface area contributed by atoms with Crippen molar-refractivity contribution in [2.75, 3.05) is 5.32 Å². The van der Waals surface area contributed by atoms with Crippen molar-refractivity contribution >= 4 is 23.1 Å². The van der Waals surface area contributed by atoms with E-state index in [1.165, 1.54) is 12.3 Å². The van der Waals surface area contributed by atoms with E-state index in [-0.39, 0.29) is 22.6 Å². The maximum atomic E-state index is 11.3. The molecule has 0 aliphatic carbocycles. The highest BCUT2D eigenvalue weighted by Gasteiger charge is 2.22. The number of hydrogen-bond acceptors (Lipinski definition) is 5. The maximum Gasteiger partial charge on any atom is 0.312 e. The summed E-state index contributed by atoms with van der Waals surface area (Å²) in [5.41, 5.74) is 2.60. The topological polar surface area (TPSA) is 81.0 Å². The zero-order chi connectivity index (χ0) is 17.8. The van der Waals surface area contributed by atoms with Crippen molar-refractivity contribution in [1.29, 1.82) is 0 Å². The summed E-state index contributed by atoms with van der Waals surface area (Å²) < 4.78 is 0. The Morgan fingerprint density at radius 2 is 1.92 bits per heavy atom. The van der Waals surface area contributed by atoms with Gasteiger partial charge in [-0.2, -0.15) is 0 Å². The Morgan fingerprint density at radius 1 is 1.16 bits per heavy atom. The van der Waals surface area contributed by atoms with Gasteiger partial charge in [0, 0.05) is 18.5 Å². The number of nitro groups is 1. The molecule has 0 bridgehead atoms. The normalized spacial score (nSPS) is 11.8. The fourth-order valence-corrected chi connectivity index (χ4v) is 2.60. The second-order valence-corrected chi connectivity index (χ2v) is 5.96. The first-order chi connectivity index (χ1) is 12.0. The SMILES string of the molecule is Cc1ccc(C(Nc2ncc(Cl)cc2[N+](=O)[O-])c2ccccn2)cc1. The van der Waals surface area contributed by atoms with Crippen LogP contribution in [0.5, 0.6) is 0 Å². The second-order valence-electron chi connectivity index (χ2n) is 5.52. The van der Waals surface area contributed by atoms with Gasteiger partial charge in [-0.15, -0.1) is 0 Å². The smallest absolute Gasteiger partial charge is 0.312 e. The lowest BCUT2D eigenvalue weighted by Crippen LogP contribution is -2.15. The first kappa shape index (κ1) is 16.9. The van der Waals surface area contributed by atoms with E-state index in [1.807, 2.05) is 49.4 Å². The maximum absolute atomic E-state index is 11.3. The Labute approximate surface area is 149 Å². The lowest BCUT2D eigenvalue weighted by atomic mass is 10.0. The van der Waals surface area contributed by atoms with Crippen LogP contribution >= 0.6 is 11.6 Å². The molecule has 25 heavy (non-hydrogen) atoms. The summed E-state index contributed by atoms with van der Waals surface area (Å²) in [6.07, 6.45) is 3.06. The van der Waals surface area contributed by atoms with Crippen LogP contribution in [-0.4, -0.2) is 14.9 Å². The number of benzene rings is 1. The Bertz CT molecular complexity index is 885. The third-order valence-electron chi connectivity index (χ3n) is 3.71. The molecule has 0 saturated carbocycles. The van der Waals surface area contributed by atoms with Gasteiger partial charge in [-0.1, -0.05) is 47.5 Å². The third kappa shape index (κ3) is 3.92. The van der Waals surface area contributed by atoms with Crippen molar-refractivity contribution in [3.8, 4) is 0 Å². The standard InChI is InChI=1S/C18H15ClN4O2/c1-12-5-7-13(8-6-12)17(15-4-2-3-9-20-15)22-18-16(23(24)25)10-14(19)11-21-18/h2-11,17H,1H3,(H,21,22). The van der Waals surface area contributed by atoms with Gasteiger partial charge in [-0.3, -0.25) is 15.1 Å². The molecule has 7 heteroatoms. The molecule has 2 heterocycles. The monoisotopic (exact) mass is 354 g/mol. The van der Waals surface area contributed by atoms with E-state index in [0.29, 0.717) is 0 Å². The molecule has 0 fully saturated rings. The highest BCUT2D eigenvalue weighted by atomic mass is 35.5. The van der Waals surface area contributed by atoms with Gasteiger partial charge in [0.15, 0.2) is 0 Å². The van der Waals surface area contributed by atoms with Gasteiger partial charge < -0.3 is 5.32 Å². The summed E-state index contributed by atoms with van der Waals surface area (Å²) >= 11 is 5.84. The highest BCUT2D eigenvalue weighted by molar-refractivity contribution is 6.30. The van der Waals surface area contributed by atoms with E-state index in [4.69, 9.17) is 11.6 Å². The molecule has 3 aromatic rings. The summed E-state index contributed by atoms with van der Waals surface area (Å²) in [4.78, 5) is 19.3. The fraction of sp³-hybridized carbons (Fsp3) is 0.111. The van der Waals surface area contributed by atoms with Gasteiger partial charge in [-0.25, -0.2) is 4.98 Å². The zero-order valence-electron chi connectivity index (χ0n) is 13.4. The van der Waals surface area contributed by atoms with Crippen LogP contribution in [0.3, 0.4) is 0 Å². The van der Waals surface area contributed by atoms with E-state index < -0.39 is 4.92 Å². The van der Waals surface area contributed by atoms with E-state index in [1.54, 1.807) is 6.20 Å². The van der Waals surface area contributed by atoms with E-state index in [0.717, 1.165) is 16.8 Å². The van der Waals surface area contributed by atoms with Crippen molar-refractivity contribution in [2.45, 2.75) is 13.0 Å². The highest BCUT2D eigenvalue weighted by Crippen LogP contribution is 2.31. The van der Waals surface area contributed by atoms with Crippen LogP contribution in [0.15, 0.2) is 60.9 Å². The van der Waals surface area contributed by atoms with Gasteiger partial charge in [0.05, 0.1) is 21.7 Å². The minimum atomic E-state index is -0.508. The van der Waals surface area contributed by atoms with Crippen molar-refractivity contribution in [3.63, 3.8) is 0 Å². The molecule has 1 aromatic carbocycles. The van der Waals surface area contributed by atoms with Crippen molar-refractivity contribution in [1.82, 2.24) is 9.97 Å². The molecule has 0 amide bonds. The number of pyridine rings is 2. The number of rotatable bonds is 5. The van der Waals surface area contributed by atoms with E-state index >= 15 is 0 Å². The van der Waals surface area contributed by atoms with Crippen LogP contribution in [0, 0.1) is 17.0 Å². The molecule has 3 rings (SSSR count). The molecule has 0 aliphatic heterocycles. The van der Waals surface area contributed by atoms with E-state index in [9.17, 15) is 10.1 Å². The van der Waals surface area contributed by atoms with Crippen LogP contribution in [0.4, 0.5) is 11.5 Å². The molecule has 2 aromatic heterocycles. The van der Waals surface area contributed by atoms with Crippen molar-refractivity contribution in [3.05, 3.63) is 92.9 Å². The Morgan fingerprint density at radius 3 is 2.56 bits per heavy atom. The molecule has 1 N–H and O–H groups in total. The van der Waals surface area contributed by atoms with Gasteiger partial charge in [-0.05, 0) is 24.6 Å². The minimum Gasteiger partial charge on any atom is -0.352 e. The largest absolute Gasteiger partial charge is 0.352 e. The average Bonchev–Trinajstić information content (AvgIpc) is 2.62. The number of hydrogen-bond donors (Lipinski definition) is 1. The van der Waals surface area contributed by atoms with Gasteiger partial charge in [0.2, 0.25) is 5.82 Å². The molecule has 1 atom stereocenters. The first-order valence-electron chi connectivity index (χ1n) is 7.58. The molecule has 6 nitrogen and oxygen atoms in total. The number of anilines is 1. The first-order valence-corrected chi connectivity index (χ1v) is 7.96. The van der Waals surface area contributed by atoms with Crippen LogP contribution in [0.1, 0.15) is 22.9 Å². The number of halogens is 1. The van der Waals surface area contributed by atoms with Gasteiger partial charge in [0.1, 0.15) is 0 Å². The molecule has 0 saturated heterocycles. The van der Waals surface area contributed by atoms with Gasteiger partial charge >= 0.3 is 5.69 Å². The summed E-state index contributed by atoms with van der Waals surface area (Å²) in [7, 11) is 0. The zero-order valence-corrected chi connectivity index (χ0v) is 14.1. The summed E-state index contributed by atoms with van der Waals surface area (Å²) in [5.74, 6) is 0.144. The van der Waals surface area contributed by atoms with E-state index in [2.05, 4.69) is 15.3 Å². The predicted molar refractivity (Wildman–Crippen MR) is 96.8 cm³/mol. The third-order valence-corrected chi connectivity index (χ3v) is 3.91. The molecule has 126 valence electrons. The van der Waals surface area contributed by atoms with Crippen molar-refractivity contribution < 1.29 is 4.92 Å². The Balaban J connectivity index is 2.05. The predicted octanol–water partition coefficient (Wildman–Crippen LogP) is 4.55. The average molecular weight is 355 g/mol. The molecule has 1 unspecified atom stereocenters. The van der Waals surface area contributed by atoms with Crippen molar-refractivity contribution in [2.24, 2.45) is 0 Å². The summed E-state index contributed by atoms with van der Waals surface area (Å²) in [5, 5.41) is 14.7. The second kappa shape index (κ2) is 7.27. The van der Waals surface area contributed by atoms with Gasteiger partial charge in [0.25, 0.3) is 0 Å². The molecule has 0 aliphatic rings. The number of aromatic nitrogens is 2. The molecule has 0 radical (unpaired) electrons. The van der Waals surface area contributed by atoms with Crippen LogP contribution in [-0.2, 0) is 0 Å². The quantitative estimate of drug-likeness (QED) is 0.537. The molecular formula is C18H15ClN4O2. The van der Waals surface area contributed by atoms with Crippen LogP contribution in [0.25, 0.3) is 0 Å². The minimum absolute atomic E-state index is 0.144. The number of nitrogens with zero attached hydrogens (tertiary/aromatic N) is 3. The molecule has 0 spiro atoms.